The van der Waals surface area contributed by atoms with Crippen molar-refractivity contribution in [3.05, 3.63) is 70.0 Å². The highest BCUT2D eigenvalue weighted by Gasteiger charge is 2.23. The summed E-state index contributed by atoms with van der Waals surface area (Å²) >= 11 is 1.39. The van der Waals surface area contributed by atoms with E-state index in [0.29, 0.717) is 17.4 Å². The Balaban J connectivity index is 2.16. The molecule has 0 saturated heterocycles. The summed E-state index contributed by atoms with van der Waals surface area (Å²) < 4.78 is 4.13. The van der Waals surface area contributed by atoms with Gasteiger partial charge in [0.05, 0.1) is 5.52 Å². The molecule has 3 rings (SSSR count). The molecule has 1 heterocycles. The van der Waals surface area contributed by atoms with Gasteiger partial charge in [0.15, 0.2) is 0 Å². The van der Waals surface area contributed by atoms with Crippen LogP contribution in [0.2, 0.25) is 0 Å². The maximum absolute atomic E-state index is 12.9. The van der Waals surface area contributed by atoms with Crippen molar-refractivity contribution in [1.29, 1.82) is 0 Å². The van der Waals surface area contributed by atoms with E-state index in [4.69, 9.17) is 4.84 Å². The molecule has 0 aliphatic heterocycles. The second kappa shape index (κ2) is 8.71. The van der Waals surface area contributed by atoms with E-state index in [1.165, 1.54) is 11.9 Å². The molecule has 0 radical (unpaired) electrons. The van der Waals surface area contributed by atoms with Crippen molar-refractivity contribution < 1.29 is 14.7 Å². The maximum Gasteiger partial charge on any atom is 0.300 e. The van der Waals surface area contributed by atoms with Gasteiger partial charge in [-0.25, -0.2) is 0 Å². The van der Waals surface area contributed by atoms with Crippen molar-refractivity contribution in [2.75, 3.05) is 17.5 Å². The predicted molar refractivity (Wildman–Crippen MR) is 112 cm³/mol. The van der Waals surface area contributed by atoms with Gasteiger partial charge in [0.25, 0.3) is 11.5 Å². The number of benzene rings is 2. The third-order valence-electron chi connectivity index (χ3n) is 4.09. The molecule has 0 aliphatic carbocycles. The smallest absolute Gasteiger partial charge is 0.300 e. The number of carbonyl (C=O) groups is 1. The molecule has 0 fully saturated rings. The molecular formula is C20H21N3O4S. The van der Waals surface area contributed by atoms with Crippen LogP contribution in [-0.4, -0.2) is 28.5 Å². The van der Waals surface area contributed by atoms with Gasteiger partial charge < -0.3 is 20.0 Å². The Morgan fingerprint density at radius 1 is 1.21 bits per heavy atom. The molecular weight excluding hydrogens is 378 g/mol. The minimum absolute atomic E-state index is 0.139. The lowest BCUT2D eigenvalue weighted by Crippen LogP contribution is -2.35. The number of nitrogens with one attached hydrogen (secondary N) is 2. The van der Waals surface area contributed by atoms with E-state index in [1.807, 2.05) is 36.6 Å². The van der Waals surface area contributed by atoms with E-state index in [1.54, 1.807) is 25.1 Å². The third-order valence-corrected chi connectivity index (χ3v) is 4.53. The Hall–Kier alpha value is -3.13. The summed E-state index contributed by atoms with van der Waals surface area (Å²) in [5.41, 5.74) is 0.917. The van der Waals surface area contributed by atoms with Crippen LogP contribution < -0.4 is 20.4 Å². The van der Waals surface area contributed by atoms with Gasteiger partial charge in [0, 0.05) is 23.9 Å². The fourth-order valence-electron chi connectivity index (χ4n) is 2.83. The minimum atomic E-state index is -0.711. The second-order valence-electron chi connectivity index (χ2n) is 5.98. The van der Waals surface area contributed by atoms with Crippen LogP contribution in [0.15, 0.2) is 53.3 Å². The Morgan fingerprint density at radius 2 is 1.96 bits per heavy atom. The van der Waals surface area contributed by atoms with Crippen LogP contribution >= 0.6 is 11.9 Å². The molecule has 0 bridgehead atoms. The van der Waals surface area contributed by atoms with Gasteiger partial charge in [0.2, 0.25) is 0 Å². The number of amides is 1. The first-order valence-electron chi connectivity index (χ1n) is 8.73. The summed E-state index contributed by atoms with van der Waals surface area (Å²) in [6, 6.07) is 14.5. The quantitative estimate of drug-likeness (QED) is 0.529. The molecule has 8 heteroatoms. The molecule has 0 aliphatic rings. The van der Waals surface area contributed by atoms with Crippen molar-refractivity contribution in [2.45, 2.75) is 13.5 Å². The summed E-state index contributed by atoms with van der Waals surface area (Å²) in [5, 5.41) is 13.6. The molecule has 0 atom stereocenters. The molecule has 3 N–H and O–H groups in total. The van der Waals surface area contributed by atoms with E-state index in [0.717, 1.165) is 16.0 Å². The fraction of sp³-hybridized carbons (Fsp3) is 0.200. The lowest BCUT2D eigenvalue weighted by molar-refractivity contribution is 0.0899. The summed E-state index contributed by atoms with van der Waals surface area (Å²) in [7, 11) is 0. The maximum atomic E-state index is 12.9. The number of hydrogen-bond donors (Lipinski definition) is 3. The number of nitrogens with zero attached hydrogens (tertiary/aromatic N) is 1. The van der Waals surface area contributed by atoms with Crippen LogP contribution in [0, 0.1) is 0 Å². The number of carbonyl (C=O) groups excluding carboxylic acids is 1. The number of anilines is 1. The SMILES string of the molecule is CCNC(=O)c1c(O)c2cc(NSC)ccc2n(OCc2ccccc2)c1=O. The molecule has 0 spiro atoms. The first-order chi connectivity index (χ1) is 13.6. The van der Waals surface area contributed by atoms with E-state index < -0.39 is 11.5 Å². The van der Waals surface area contributed by atoms with Crippen LogP contribution in [0.3, 0.4) is 0 Å². The topological polar surface area (TPSA) is 92.6 Å². The summed E-state index contributed by atoms with van der Waals surface area (Å²) in [6.45, 7) is 2.20. The molecule has 3 aromatic rings. The van der Waals surface area contributed by atoms with Crippen LogP contribution in [0.1, 0.15) is 22.8 Å². The highest BCUT2D eigenvalue weighted by atomic mass is 32.2. The Kier molecular flexibility index (Phi) is 6.10. The number of pyridine rings is 1. The average molecular weight is 399 g/mol. The van der Waals surface area contributed by atoms with E-state index in [2.05, 4.69) is 10.0 Å². The van der Waals surface area contributed by atoms with Gasteiger partial charge in [0.1, 0.15) is 17.9 Å². The van der Waals surface area contributed by atoms with Gasteiger partial charge in [-0.15, -0.1) is 4.73 Å². The van der Waals surface area contributed by atoms with Crippen LogP contribution in [0.25, 0.3) is 10.9 Å². The van der Waals surface area contributed by atoms with E-state index >= 15 is 0 Å². The highest BCUT2D eigenvalue weighted by Crippen LogP contribution is 2.29. The molecule has 28 heavy (non-hydrogen) atoms. The van der Waals surface area contributed by atoms with Gasteiger partial charge in [-0.05, 0) is 30.7 Å². The molecule has 0 unspecified atom stereocenters. The number of rotatable bonds is 7. The van der Waals surface area contributed by atoms with Crippen molar-refractivity contribution in [3.8, 4) is 5.75 Å². The van der Waals surface area contributed by atoms with Crippen molar-refractivity contribution >= 4 is 34.4 Å². The standard InChI is InChI=1S/C20H21N3O4S/c1-3-21-19(25)17-18(24)15-11-14(22-28-2)9-10-16(15)23(20(17)26)27-12-13-7-5-4-6-8-13/h4-11,22,24H,3,12H2,1-2H3,(H,21,25). The predicted octanol–water partition coefficient (Wildman–Crippen LogP) is 2.78. The van der Waals surface area contributed by atoms with Crippen molar-refractivity contribution in [2.24, 2.45) is 0 Å². The normalized spacial score (nSPS) is 10.6. The monoisotopic (exact) mass is 399 g/mol. The number of aromatic nitrogens is 1. The molecule has 7 nitrogen and oxygen atoms in total. The zero-order valence-corrected chi connectivity index (χ0v) is 16.4. The number of aromatic hydroxyl groups is 1. The largest absolute Gasteiger partial charge is 0.506 e. The van der Waals surface area contributed by atoms with Crippen LogP contribution in [-0.2, 0) is 6.61 Å². The first-order valence-corrected chi connectivity index (χ1v) is 9.95. The van der Waals surface area contributed by atoms with E-state index in [9.17, 15) is 14.7 Å². The number of fused-ring (bicyclic) bond motifs is 1. The van der Waals surface area contributed by atoms with Crippen molar-refractivity contribution in [1.82, 2.24) is 10.0 Å². The summed E-state index contributed by atoms with van der Waals surface area (Å²) in [4.78, 5) is 31.1. The molecule has 1 aromatic heterocycles. The second-order valence-corrected chi connectivity index (χ2v) is 6.59. The highest BCUT2D eigenvalue weighted by molar-refractivity contribution is 7.99. The van der Waals surface area contributed by atoms with E-state index in [-0.39, 0.29) is 17.9 Å². The minimum Gasteiger partial charge on any atom is -0.506 e. The molecule has 1 amide bonds. The molecule has 146 valence electrons. The molecule has 2 aromatic carbocycles. The lowest BCUT2D eigenvalue weighted by atomic mass is 10.1. The number of hydrogen-bond acceptors (Lipinski definition) is 6. The summed E-state index contributed by atoms with van der Waals surface area (Å²) in [6.07, 6.45) is 1.87. The zero-order valence-electron chi connectivity index (χ0n) is 15.6. The Morgan fingerprint density at radius 3 is 2.64 bits per heavy atom. The third kappa shape index (κ3) is 3.91. The van der Waals surface area contributed by atoms with Gasteiger partial charge in [-0.2, -0.15) is 0 Å². The van der Waals surface area contributed by atoms with Gasteiger partial charge in [-0.1, -0.05) is 42.3 Å². The molecule has 0 saturated carbocycles. The summed E-state index contributed by atoms with van der Waals surface area (Å²) in [5.74, 6) is -1.01. The zero-order chi connectivity index (χ0) is 20.1. The fourth-order valence-corrected chi connectivity index (χ4v) is 3.19. The Labute approximate surface area is 166 Å². The van der Waals surface area contributed by atoms with Crippen LogP contribution in [0.5, 0.6) is 5.75 Å². The Bertz CT molecular complexity index is 1050. The first kappa shape index (κ1) is 19.6. The van der Waals surface area contributed by atoms with Crippen molar-refractivity contribution in [3.63, 3.8) is 0 Å². The van der Waals surface area contributed by atoms with Gasteiger partial charge >= 0.3 is 0 Å². The van der Waals surface area contributed by atoms with Crippen LogP contribution in [0.4, 0.5) is 5.69 Å². The van der Waals surface area contributed by atoms with Gasteiger partial charge in [-0.3, -0.25) is 9.59 Å². The lowest BCUT2D eigenvalue weighted by Gasteiger charge is -2.16. The average Bonchev–Trinajstić information content (AvgIpc) is 2.69.